The highest BCUT2D eigenvalue weighted by Crippen LogP contribution is 2.47. The molecule has 0 aromatic heterocycles. The minimum absolute atomic E-state index is 0.240. The molecule has 0 bridgehead atoms. The van der Waals surface area contributed by atoms with Gasteiger partial charge in [0.25, 0.3) is 0 Å². The summed E-state index contributed by atoms with van der Waals surface area (Å²) in [6.07, 6.45) is 1.27. The summed E-state index contributed by atoms with van der Waals surface area (Å²) >= 11 is 0. The van der Waals surface area contributed by atoms with Crippen LogP contribution in [0.5, 0.6) is 0 Å². The quantitative estimate of drug-likeness (QED) is 0.572. The highest BCUT2D eigenvalue weighted by molar-refractivity contribution is 5.15. The highest BCUT2D eigenvalue weighted by Gasteiger charge is 2.57. The molecule has 0 aromatic rings. The molecule has 0 spiro atoms. The van der Waals surface area contributed by atoms with Crippen molar-refractivity contribution in [1.29, 1.82) is 0 Å². The molecular formula is C8H16N2. The maximum absolute atomic E-state index is 6.04. The molecule has 0 unspecified atom stereocenters. The van der Waals surface area contributed by atoms with Crippen LogP contribution in [0.2, 0.25) is 0 Å². The fraction of sp³-hybridized carbons (Fsp3) is 1.00. The molecule has 1 heterocycles. The Kier molecular flexibility index (Phi) is 1.15. The van der Waals surface area contributed by atoms with Gasteiger partial charge in [0, 0.05) is 24.7 Å². The predicted molar refractivity (Wildman–Crippen MR) is 41.7 cm³/mol. The molecule has 2 rings (SSSR count). The minimum Gasteiger partial charge on any atom is -0.324 e. The van der Waals surface area contributed by atoms with E-state index in [1.165, 1.54) is 13.0 Å². The Labute approximate surface area is 62.4 Å². The molecular weight excluding hydrogens is 124 g/mol. The summed E-state index contributed by atoms with van der Waals surface area (Å²) in [6, 6.07) is 0.688. The topological polar surface area (TPSA) is 29.3 Å². The molecule has 1 saturated heterocycles. The first-order chi connectivity index (χ1) is 4.62. The Hall–Kier alpha value is -0.0800. The van der Waals surface area contributed by atoms with Crippen LogP contribution in [0.25, 0.3) is 0 Å². The van der Waals surface area contributed by atoms with Gasteiger partial charge in [0.1, 0.15) is 0 Å². The zero-order valence-corrected chi connectivity index (χ0v) is 6.80. The zero-order valence-electron chi connectivity index (χ0n) is 6.80. The van der Waals surface area contributed by atoms with Gasteiger partial charge in [-0.25, -0.2) is 0 Å². The van der Waals surface area contributed by atoms with Gasteiger partial charge < -0.3 is 5.73 Å². The van der Waals surface area contributed by atoms with Crippen molar-refractivity contribution in [2.24, 2.45) is 11.7 Å². The van der Waals surface area contributed by atoms with Crippen LogP contribution in [-0.2, 0) is 0 Å². The van der Waals surface area contributed by atoms with Crippen LogP contribution in [0.15, 0.2) is 0 Å². The van der Waals surface area contributed by atoms with E-state index >= 15 is 0 Å². The maximum Gasteiger partial charge on any atom is 0.0328 e. The lowest BCUT2D eigenvalue weighted by Gasteiger charge is -2.22. The van der Waals surface area contributed by atoms with Crippen LogP contribution >= 0.6 is 0 Å². The van der Waals surface area contributed by atoms with E-state index in [-0.39, 0.29) is 5.54 Å². The first-order valence-corrected chi connectivity index (χ1v) is 4.15. The van der Waals surface area contributed by atoms with Gasteiger partial charge in [-0.15, -0.1) is 0 Å². The molecule has 58 valence electrons. The number of rotatable bonds is 1. The second kappa shape index (κ2) is 1.74. The van der Waals surface area contributed by atoms with E-state index in [2.05, 4.69) is 18.7 Å². The fourth-order valence-corrected chi connectivity index (χ4v) is 1.96. The zero-order chi connectivity index (χ0) is 7.35. The van der Waals surface area contributed by atoms with Crippen LogP contribution in [0, 0.1) is 5.92 Å². The van der Waals surface area contributed by atoms with E-state index in [1.807, 2.05) is 0 Å². The van der Waals surface area contributed by atoms with E-state index < -0.39 is 0 Å². The van der Waals surface area contributed by atoms with Gasteiger partial charge in [-0.1, -0.05) is 0 Å². The van der Waals surface area contributed by atoms with Crippen molar-refractivity contribution >= 4 is 0 Å². The van der Waals surface area contributed by atoms with E-state index in [0.717, 1.165) is 12.5 Å². The summed E-state index contributed by atoms with van der Waals surface area (Å²) in [5.74, 6) is 0.829. The first kappa shape index (κ1) is 6.62. The highest BCUT2D eigenvalue weighted by atomic mass is 15.2. The fourth-order valence-electron chi connectivity index (χ4n) is 1.96. The summed E-state index contributed by atoms with van der Waals surface area (Å²) in [6.45, 7) is 6.87. The van der Waals surface area contributed by atoms with Gasteiger partial charge >= 0.3 is 0 Å². The Morgan fingerprint density at radius 3 is 2.60 bits per heavy atom. The Morgan fingerprint density at radius 1 is 1.60 bits per heavy atom. The van der Waals surface area contributed by atoms with Crippen molar-refractivity contribution < 1.29 is 0 Å². The van der Waals surface area contributed by atoms with Crippen molar-refractivity contribution in [2.45, 2.75) is 31.8 Å². The average Bonchev–Trinajstić information content (AvgIpc) is 2.32. The molecule has 0 amide bonds. The van der Waals surface area contributed by atoms with Crippen molar-refractivity contribution in [2.75, 3.05) is 13.1 Å². The van der Waals surface area contributed by atoms with Crippen LogP contribution in [0.4, 0.5) is 0 Å². The molecule has 2 atom stereocenters. The summed E-state index contributed by atoms with van der Waals surface area (Å²) in [5.41, 5.74) is 6.28. The third-order valence-corrected chi connectivity index (χ3v) is 2.96. The number of hydrogen-bond donors (Lipinski definition) is 1. The van der Waals surface area contributed by atoms with Crippen molar-refractivity contribution in [3.63, 3.8) is 0 Å². The lowest BCUT2D eigenvalue weighted by atomic mass is 10.3. The molecule has 1 aliphatic carbocycles. The molecule has 2 nitrogen and oxygen atoms in total. The smallest absolute Gasteiger partial charge is 0.0328 e. The van der Waals surface area contributed by atoms with E-state index in [1.54, 1.807) is 0 Å². The Balaban J connectivity index is 1.97. The molecule has 2 fully saturated rings. The molecule has 0 aromatic carbocycles. The summed E-state index contributed by atoms with van der Waals surface area (Å²) < 4.78 is 0. The van der Waals surface area contributed by atoms with Crippen molar-refractivity contribution in [3.8, 4) is 0 Å². The van der Waals surface area contributed by atoms with Crippen LogP contribution in [0.1, 0.15) is 20.3 Å². The molecule has 2 aliphatic rings. The van der Waals surface area contributed by atoms with Crippen LogP contribution in [0.3, 0.4) is 0 Å². The molecule has 1 saturated carbocycles. The number of nitrogens with two attached hydrogens (primary N) is 1. The number of nitrogens with zero attached hydrogens (tertiary/aromatic N) is 1. The third-order valence-electron chi connectivity index (χ3n) is 2.96. The van der Waals surface area contributed by atoms with E-state index in [0.29, 0.717) is 6.04 Å². The third kappa shape index (κ3) is 0.789. The molecule has 2 N–H and O–H groups in total. The van der Waals surface area contributed by atoms with Crippen molar-refractivity contribution in [3.05, 3.63) is 0 Å². The normalized spacial score (nSPS) is 46.2. The number of fused-ring (bicyclic) bond motifs is 1. The minimum atomic E-state index is 0.240. The van der Waals surface area contributed by atoms with Gasteiger partial charge in [0.15, 0.2) is 0 Å². The van der Waals surface area contributed by atoms with Gasteiger partial charge in [-0.2, -0.15) is 0 Å². The molecule has 0 radical (unpaired) electrons. The Bertz CT molecular complexity index is 155. The standard InChI is InChI=1S/C8H16N2/c1-6(2)10-4-7-3-8(7,9)5-10/h6-7H,3-5,9H2,1-2H3/t7-,8-/m1/s1. The van der Waals surface area contributed by atoms with Crippen molar-refractivity contribution in [1.82, 2.24) is 4.90 Å². The monoisotopic (exact) mass is 140 g/mol. The molecule has 2 heteroatoms. The first-order valence-electron chi connectivity index (χ1n) is 4.15. The largest absolute Gasteiger partial charge is 0.324 e. The van der Waals surface area contributed by atoms with Gasteiger partial charge in [-0.3, -0.25) is 4.90 Å². The van der Waals surface area contributed by atoms with Gasteiger partial charge in [0.2, 0.25) is 0 Å². The lowest BCUT2D eigenvalue weighted by molar-refractivity contribution is 0.243. The number of likely N-dealkylation sites (tertiary alicyclic amines) is 1. The van der Waals surface area contributed by atoms with Crippen LogP contribution < -0.4 is 5.73 Å². The van der Waals surface area contributed by atoms with Crippen LogP contribution in [-0.4, -0.2) is 29.6 Å². The molecule has 1 aliphatic heterocycles. The average molecular weight is 140 g/mol. The second-order valence-corrected chi connectivity index (χ2v) is 4.16. The number of piperidine rings is 1. The van der Waals surface area contributed by atoms with E-state index in [4.69, 9.17) is 5.73 Å². The second-order valence-electron chi connectivity index (χ2n) is 4.16. The molecule has 10 heavy (non-hydrogen) atoms. The number of hydrogen-bond acceptors (Lipinski definition) is 2. The lowest BCUT2D eigenvalue weighted by Crippen LogP contribution is -2.36. The Morgan fingerprint density at radius 2 is 2.30 bits per heavy atom. The maximum atomic E-state index is 6.04. The van der Waals surface area contributed by atoms with Gasteiger partial charge in [-0.05, 0) is 26.2 Å². The van der Waals surface area contributed by atoms with E-state index in [9.17, 15) is 0 Å². The predicted octanol–water partition coefficient (Wildman–Crippen LogP) is 0.428. The SMILES string of the molecule is CC(C)N1C[C@H]2C[C@@]2(N)C1. The summed E-state index contributed by atoms with van der Waals surface area (Å²) in [5, 5.41) is 0. The summed E-state index contributed by atoms with van der Waals surface area (Å²) in [7, 11) is 0. The van der Waals surface area contributed by atoms with Gasteiger partial charge in [0.05, 0.1) is 0 Å². The summed E-state index contributed by atoms with van der Waals surface area (Å²) in [4.78, 5) is 2.48.